The maximum atomic E-state index is 5.59. The number of aromatic nitrogens is 3. The average Bonchev–Trinajstić information content (AvgIpc) is 3.09. The van der Waals surface area contributed by atoms with Gasteiger partial charge < -0.3 is 15.4 Å². The van der Waals surface area contributed by atoms with Crippen LogP contribution in [-0.2, 0) is 11.3 Å². The second-order valence-electron chi connectivity index (χ2n) is 6.10. The van der Waals surface area contributed by atoms with Gasteiger partial charge in [0.25, 0.3) is 0 Å². The summed E-state index contributed by atoms with van der Waals surface area (Å²) >= 11 is 0. The fourth-order valence-corrected chi connectivity index (χ4v) is 2.23. The van der Waals surface area contributed by atoms with Crippen LogP contribution in [0, 0.1) is 5.92 Å². The molecule has 0 fully saturated rings. The van der Waals surface area contributed by atoms with Gasteiger partial charge in [0.1, 0.15) is 6.33 Å². The predicted octanol–water partition coefficient (Wildman–Crippen LogP) is 1.99. The monoisotopic (exact) mass is 344 g/mol. The SMILES string of the molecule is CN=C(NCCOCCC(C)C)NCc1nncn1-c1ccccc1. The highest BCUT2D eigenvalue weighted by Crippen LogP contribution is 2.08. The first-order valence-electron chi connectivity index (χ1n) is 8.67. The summed E-state index contributed by atoms with van der Waals surface area (Å²) in [6.45, 7) is 7.09. The lowest BCUT2D eigenvalue weighted by Gasteiger charge is -2.13. The predicted molar refractivity (Wildman–Crippen MR) is 99.8 cm³/mol. The normalized spacial score (nSPS) is 11.8. The second-order valence-corrected chi connectivity index (χ2v) is 6.10. The summed E-state index contributed by atoms with van der Waals surface area (Å²) in [5.74, 6) is 2.21. The third-order valence-electron chi connectivity index (χ3n) is 3.67. The Morgan fingerprint density at radius 2 is 2.00 bits per heavy atom. The van der Waals surface area contributed by atoms with Crippen LogP contribution in [0.1, 0.15) is 26.1 Å². The highest BCUT2D eigenvalue weighted by atomic mass is 16.5. The summed E-state index contributed by atoms with van der Waals surface area (Å²) in [4.78, 5) is 4.22. The van der Waals surface area contributed by atoms with Gasteiger partial charge in [0, 0.05) is 25.9 Å². The van der Waals surface area contributed by atoms with Crippen LogP contribution in [0.25, 0.3) is 5.69 Å². The summed E-state index contributed by atoms with van der Waals surface area (Å²) in [5.41, 5.74) is 1.03. The fraction of sp³-hybridized carbons (Fsp3) is 0.500. The van der Waals surface area contributed by atoms with Crippen molar-refractivity contribution in [3.8, 4) is 5.69 Å². The number of nitrogens with one attached hydrogen (secondary N) is 2. The summed E-state index contributed by atoms with van der Waals surface area (Å²) in [6.07, 6.45) is 2.80. The molecule has 7 heteroatoms. The van der Waals surface area contributed by atoms with Crippen molar-refractivity contribution in [2.45, 2.75) is 26.8 Å². The number of nitrogens with zero attached hydrogens (tertiary/aromatic N) is 4. The number of rotatable bonds is 9. The molecule has 0 aliphatic rings. The second kappa shape index (κ2) is 10.5. The number of ether oxygens (including phenoxy) is 1. The largest absolute Gasteiger partial charge is 0.380 e. The van der Waals surface area contributed by atoms with E-state index in [-0.39, 0.29) is 0 Å². The van der Waals surface area contributed by atoms with Gasteiger partial charge in [0.15, 0.2) is 11.8 Å². The molecule has 1 aromatic carbocycles. The number of para-hydroxylation sites is 1. The smallest absolute Gasteiger partial charge is 0.191 e. The zero-order valence-corrected chi connectivity index (χ0v) is 15.3. The van der Waals surface area contributed by atoms with Gasteiger partial charge in [-0.2, -0.15) is 0 Å². The van der Waals surface area contributed by atoms with Crippen LogP contribution in [0.5, 0.6) is 0 Å². The van der Waals surface area contributed by atoms with Crippen molar-refractivity contribution in [2.75, 3.05) is 26.8 Å². The molecule has 1 heterocycles. The summed E-state index contributed by atoms with van der Waals surface area (Å²) in [7, 11) is 1.75. The molecule has 0 atom stereocenters. The molecule has 0 amide bonds. The minimum atomic E-state index is 0.531. The van der Waals surface area contributed by atoms with Gasteiger partial charge in [-0.3, -0.25) is 9.56 Å². The summed E-state index contributed by atoms with van der Waals surface area (Å²) in [5, 5.41) is 14.7. The molecule has 0 bridgehead atoms. The molecule has 2 rings (SSSR count). The van der Waals surface area contributed by atoms with Crippen molar-refractivity contribution in [3.63, 3.8) is 0 Å². The van der Waals surface area contributed by atoms with E-state index in [2.05, 4.69) is 39.7 Å². The Morgan fingerprint density at radius 3 is 2.72 bits per heavy atom. The first-order valence-corrected chi connectivity index (χ1v) is 8.67. The van der Waals surface area contributed by atoms with E-state index in [1.165, 1.54) is 0 Å². The van der Waals surface area contributed by atoms with Crippen molar-refractivity contribution in [2.24, 2.45) is 10.9 Å². The molecule has 2 aromatic rings. The van der Waals surface area contributed by atoms with E-state index in [1.54, 1.807) is 13.4 Å². The Bertz CT molecular complexity index is 638. The fourth-order valence-electron chi connectivity index (χ4n) is 2.23. The van der Waals surface area contributed by atoms with Gasteiger partial charge in [-0.25, -0.2) is 0 Å². The molecule has 7 nitrogen and oxygen atoms in total. The van der Waals surface area contributed by atoms with E-state index in [1.807, 2.05) is 34.9 Å². The molecular formula is C18H28N6O. The van der Waals surface area contributed by atoms with Crippen LogP contribution < -0.4 is 10.6 Å². The summed E-state index contributed by atoms with van der Waals surface area (Å²) < 4.78 is 7.55. The highest BCUT2D eigenvalue weighted by Gasteiger charge is 2.07. The molecule has 0 spiro atoms. The van der Waals surface area contributed by atoms with Crippen molar-refractivity contribution in [1.29, 1.82) is 0 Å². The molecule has 2 N–H and O–H groups in total. The molecular weight excluding hydrogens is 316 g/mol. The summed E-state index contributed by atoms with van der Waals surface area (Å²) in [6, 6.07) is 10.0. The minimum absolute atomic E-state index is 0.531. The zero-order chi connectivity index (χ0) is 17.9. The lowest BCUT2D eigenvalue weighted by molar-refractivity contribution is 0.128. The van der Waals surface area contributed by atoms with Gasteiger partial charge >= 0.3 is 0 Å². The van der Waals surface area contributed by atoms with E-state index < -0.39 is 0 Å². The van der Waals surface area contributed by atoms with Gasteiger partial charge in [0.2, 0.25) is 0 Å². The van der Waals surface area contributed by atoms with Crippen LogP contribution in [0.3, 0.4) is 0 Å². The van der Waals surface area contributed by atoms with Gasteiger partial charge in [-0.1, -0.05) is 32.0 Å². The first kappa shape index (κ1) is 18.9. The van der Waals surface area contributed by atoms with E-state index in [9.17, 15) is 0 Å². The average molecular weight is 344 g/mol. The van der Waals surface area contributed by atoms with Crippen molar-refractivity contribution < 1.29 is 4.74 Å². The Hall–Kier alpha value is -2.41. The Morgan fingerprint density at radius 1 is 1.20 bits per heavy atom. The third kappa shape index (κ3) is 6.54. The number of guanidine groups is 1. The topological polar surface area (TPSA) is 76.4 Å². The number of hydrogen-bond donors (Lipinski definition) is 2. The third-order valence-corrected chi connectivity index (χ3v) is 3.67. The minimum Gasteiger partial charge on any atom is -0.380 e. The van der Waals surface area contributed by atoms with Gasteiger partial charge in [-0.05, 0) is 24.5 Å². The Balaban J connectivity index is 1.76. The Labute approximate surface area is 149 Å². The standard InChI is InChI=1S/C18H28N6O/c1-15(2)9-11-25-12-10-20-18(19-3)21-13-17-23-22-14-24(17)16-7-5-4-6-8-16/h4-8,14-15H,9-13H2,1-3H3,(H2,19,20,21). The molecule has 0 unspecified atom stereocenters. The van der Waals surface area contributed by atoms with Crippen LogP contribution in [-0.4, -0.2) is 47.5 Å². The van der Waals surface area contributed by atoms with Crippen LogP contribution in [0.4, 0.5) is 0 Å². The molecule has 0 radical (unpaired) electrons. The van der Waals surface area contributed by atoms with Crippen LogP contribution >= 0.6 is 0 Å². The molecule has 0 saturated carbocycles. The molecule has 25 heavy (non-hydrogen) atoms. The van der Waals surface area contributed by atoms with E-state index in [0.29, 0.717) is 25.6 Å². The Kier molecular flexibility index (Phi) is 7.91. The van der Waals surface area contributed by atoms with E-state index in [4.69, 9.17) is 4.74 Å². The van der Waals surface area contributed by atoms with Crippen molar-refractivity contribution in [1.82, 2.24) is 25.4 Å². The van der Waals surface area contributed by atoms with E-state index in [0.717, 1.165) is 30.5 Å². The maximum Gasteiger partial charge on any atom is 0.191 e. The van der Waals surface area contributed by atoms with Crippen LogP contribution in [0.2, 0.25) is 0 Å². The van der Waals surface area contributed by atoms with Crippen molar-refractivity contribution >= 4 is 5.96 Å². The molecule has 0 aliphatic carbocycles. The zero-order valence-electron chi connectivity index (χ0n) is 15.3. The molecule has 1 aromatic heterocycles. The number of hydrogen-bond acceptors (Lipinski definition) is 4. The maximum absolute atomic E-state index is 5.59. The lowest BCUT2D eigenvalue weighted by Crippen LogP contribution is -2.39. The molecule has 0 aliphatic heterocycles. The number of benzene rings is 1. The molecule has 0 saturated heterocycles. The number of aliphatic imine (C=N–C) groups is 1. The van der Waals surface area contributed by atoms with Gasteiger partial charge in [-0.15, -0.1) is 10.2 Å². The lowest BCUT2D eigenvalue weighted by atomic mass is 10.1. The van der Waals surface area contributed by atoms with Crippen LogP contribution in [0.15, 0.2) is 41.7 Å². The first-order chi connectivity index (χ1) is 12.2. The van der Waals surface area contributed by atoms with Crippen molar-refractivity contribution in [3.05, 3.63) is 42.5 Å². The van der Waals surface area contributed by atoms with E-state index >= 15 is 0 Å². The molecule has 136 valence electrons. The highest BCUT2D eigenvalue weighted by molar-refractivity contribution is 5.79. The quantitative estimate of drug-likeness (QED) is 0.413. The van der Waals surface area contributed by atoms with Gasteiger partial charge in [0.05, 0.1) is 13.2 Å².